The van der Waals surface area contributed by atoms with Gasteiger partial charge < -0.3 is 15.2 Å². The smallest absolute Gasteiger partial charge is 0.350 e. The molecule has 1 aliphatic heterocycles. The molecule has 1 aliphatic rings. The van der Waals surface area contributed by atoms with Gasteiger partial charge in [0.15, 0.2) is 17.2 Å². The van der Waals surface area contributed by atoms with E-state index in [1.54, 1.807) is 24.5 Å². The summed E-state index contributed by atoms with van der Waals surface area (Å²) in [5, 5.41) is 3.55. The molecular formula is C22H21F3N8O. The number of hydrogen-bond donors (Lipinski definition) is 2. The third-order valence-electron chi connectivity index (χ3n) is 5.93. The van der Waals surface area contributed by atoms with Gasteiger partial charge in [-0.2, -0.15) is 13.2 Å². The van der Waals surface area contributed by atoms with Crippen molar-refractivity contribution < 1.29 is 13.2 Å². The van der Waals surface area contributed by atoms with Crippen LogP contribution in [0.25, 0.3) is 17.2 Å². The molecule has 5 rings (SSSR count). The lowest BCUT2D eigenvalue weighted by Crippen LogP contribution is -2.56. The number of nitrogens with one attached hydrogen (secondary N) is 2. The van der Waals surface area contributed by atoms with Crippen LogP contribution in [-0.2, 0) is 6.18 Å². The van der Waals surface area contributed by atoms with E-state index in [2.05, 4.69) is 42.1 Å². The van der Waals surface area contributed by atoms with Crippen LogP contribution >= 0.6 is 0 Å². The van der Waals surface area contributed by atoms with E-state index in [9.17, 15) is 18.0 Å². The minimum atomic E-state index is -4.58. The molecule has 12 heteroatoms. The molecule has 1 fully saturated rings. The first-order valence-corrected chi connectivity index (χ1v) is 10.7. The molecule has 3 unspecified atom stereocenters. The van der Waals surface area contributed by atoms with Gasteiger partial charge in [-0.15, -0.1) is 0 Å². The van der Waals surface area contributed by atoms with Crippen molar-refractivity contribution >= 4 is 11.5 Å². The number of piperazine rings is 1. The number of halogens is 3. The molecule has 4 aromatic heterocycles. The Labute approximate surface area is 191 Å². The van der Waals surface area contributed by atoms with E-state index in [4.69, 9.17) is 0 Å². The third kappa shape index (κ3) is 4.00. The van der Waals surface area contributed by atoms with Crippen molar-refractivity contribution in [1.82, 2.24) is 34.6 Å². The lowest BCUT2D eigenvalue weighted by molar-refractivity contribution is -0.141. The predicted octanol–water partition coefficient (Wildman–Crippen LogP) is 2.82. The van der Waals surface area contributed by atoms with Crippen molar-refractivity contribution in [2.24, 2.45) is 0 Å². The van der Waals surface area contributed by atoms with E-state index < -0.39 is 11.9 Å². The maximum Gasteiger partial charge on any atom is 0.434 e. The average Bonchev–Trinajstić information content (AvgIpc) is 3.24. The van der Waals surface area contributed by atoms with E-state index in [1.165, 1.54) is 16.7 Å². The fourth-order valence-electron chi connectivity index (χ4n) is 4.27. The zero-order valence-corrected chi connectivity index (χ0v) is 18.3. The van der Waals surface area contributed by atoms with E-state index in [0.717, 1.165) is 18.0 Å². The highest BCUT2D eigenvalue weighted by Gasteiger charge is 2.34. The molecular weight excluding hydrogens is 449 g/mol. The fourth-order valence-corrected chi connectivity index (χ4v) is 4.27. The second-order valence-electron chi connectivity index (χ2n) is 8.30. The molecule has 5 heterocycles. The van der Waals surface area contributed by atoms with Crippen LogP contribution in [0.2, 0.25) is 0 Å². The number of aromatic amines is 1. The van der Waals surface area contributed by atoms with Crippen LogP contribution in [0.3, 0.4) is 0 Å². The molecule has 0 bridgehead atoms. The van der Waals surface area contributed by atoms with Gasteiger partial charge in [0.2, 0.25) is 5.56 Å². The Bertz CT molecular complexity index is 1380. The largest absolute Gasteiger partial charge is 0.434 e. The Morgan fingerprint density at radius 2 is 1.91 bits per heavy atom. The lowest BCUT2D eigenvalue weighted by Gasteiger charge is -2.44. The summed E-state index contributed by atoms with van der Waals surface area (Å²) in [6, 6.07) is 5.06. The molecule has 0 amide bonds. The van der Waals surface area contributed by atoms with Crippen molar-refractivity contribution in [2.45, 2.75) is 38.1 Å². The number of imidazole rings is 1. The van der Waals surface area contributed by atoms with Gasteiger partial charge in [-0.3, -0.25) is 9.20 Å². The van der Waals surface area contributed by atoms with Gasteiger partial charge in [0.25, 0.3) is 0 Å². The van der Waals surface area contributed by atoms with Gasteiger partial charge in [-0.05, 0) is 25.5 Å². The molecule has 0 spiro atoms. The molecule has 9 nitrogen and oxygen atoms in total. The van der Waals surface area contributed by atoms with Crippen molar-refractivity contribution in [3.8, 4) is 11.5 Å². The van der Waals surface area contributed by atoms with Gasteiger partial charge >= 0.3 is 6.18 Å². The molecule has 0 aliphatic carbocycles. The van der Waals surface area contributed by atoms with E-state index in [0.29, 0.717) is 18.1 Å². The highest BCUT2D eigenvalue weighted by molar-refractivity contribution is 5.58. The fraction of sp³-hybridized carbons (Fsp3) is 0.318. The first-order valence-electron chi connectivity index (χ1n) is 10.7. The number of alkyl halides is 3. The molecule has 4 aromatic rings. The van der Waals surface area contributed by atoms with Gasteiger partial charge in [0.05, 0.1) is 18.4 Å². The van der Waals surface area contributed by atoms with Crippen molar-refractivity contribution in [3.63, 3.8) is 0 Å². The topological polar surface area (TPSA) is 104 Å². The number of rotatable bonds is 3. The Balaban J connectivity index is 1.51. The number of hydrogen-bond acceptors (Lipinski definition) is 7. The third-order valence-corrected chi connectivity index (χ3v) is 5.93. The first-order chi connectivity index (χ1) is 16.2. The zero-order chi connectivity index (χ0) is 24.0. The molecule has 0 saturated carbocycles. The van der Waals surface area contributed by atoms with Crippen LogP contribution in [0.15, 0.2) is 54.0 Å². The van der Waals surface area contributed by atoms with Crippen molar-refractivity contribution in [3.05, 3.63) is 70.8 Å². The van der Waals surface area contributed by atoms with Crippen molar-refractivity contribution in [1.29, 1.82) is 0 Å². The highest BCUT2D eigenvalue weighted by atomic mass is 19.4. The van der Waals surface area contributed by atoms with Crippen molar-refractivity contribution in [2.75, 3.05) is 11.4 Å². The summed E-state index contributed by atoms with van der Waals surface area (Å²) in [4.78, 5) is 32.9. The molecule has 34 heavy (non-hydrogen) atoms. The second-order valence-corrected chi connectivity index (χ2v) is 8.30. The highest BCUT2D eigenvalue weighted by Crippen LogP contribution is 2.31. The minimum absolute atomic E-state index is 0.0342. The van der Waals surface area contributed by atoms with Crippen LogP contribution in [0.5, 0.6) is 0 Å². The van der Waals surface area contributed by atoms with Gasteiger partial charge in [0, 0.05) is 43.3 Å². The SMILES string of the molecule is CC1CN(c2ccnc(-c3cnc4cnc(C(F)(F)F)cn34)n2)C(C)C(c2ccc(=O)[nH]c2)N1. The zero-order valence-electron chi connectivity index (χ0n) is 18.3. The Morgan fingerprint density at radius 1 is 1.09 bits per heavy atom. The standard InChI is InChI=1S/C22H21F3N8O/c1-12-10-32(13(2)20(30-12)14-3-4-19(34)29-7-14)17-5-6-26-21(31-17)15-8-28-18-9-27-16(11-33(15)18)22(23,24)25/h3-9,11-13,20,30H,10H2,1-2H3,(H,29,34). The van der Waals surface area contributed by atoms with Gasteiger partial charge in [-0.25, -0.2) is 19.9 Å². The number of nitrogens with zero attached hydrogens (tertiary/aromatic N) is 6. The minimum Gasteiger partial charge on any atom is -0.350 e. The van der Waals surface area contributed by atoms with Crippen LogP contribution in [0, 0.1) is 0 Å². The van der Waals surface area contributed by atoms with Crippen LogP contribution in [0.1, 0.15) is 31.1 Å². The van der Waals surface area contributed by atoms with Crippen LogP contribution < -0.4 is 15.8 Å². The molecule has 0 aromatic carbocycles. The first kappa shape index (κ1) is 22.0. The van der Waals surface area contributed by atoms with Crippen LogP contribution in [0.4, 0.5) is 19.0 Å². The maximum atomic E-state index is 13.2. The summed E-state index contributed by atoms with van der Waals surface area (Å²) >= 11 is 0. The molecule has 176 valence electrons. The molecule has 1 saturated heterocycles. The number of H-pyrrole nitrogens is 1. The number of pyridine rings is 1. The lowest BCUT2D eigenvalue weighted by atomic mass is 9.96. The monoisotopic (exact) mass is 470 g/mol. The number of fused-ring (bicyclic) bond motifs is 1. The van der Waals surface area contributed by atoms with E-state index >= 15 is 0 Å². The summed E-state index contributed by atoms with van der Waals surface area (Å²) in [5.41, 5.74) is 0.335. The average molecular weight is 470 g/mol. The number of aromatic nitrogens is 6. The number of anilines is 1. The summed E-state index contributed by atoms with van der Waals surface area (Å²) < 4.78 is 40.8. The summed E-state index contributed by atoms with van der Waals surface area (Å²) in [5.74, 6) is 0.892. The normalized spacial score (nSPS) is 21.2. The van der Waals surface area contributed by atoms with Gasteiger partial charge in [-0.1, -0.05) is 6.07 Å². The Kier molecular flexibility index (Phi) is 5.31. The maximum absolute atomic E-state index is 13.2. The van der Waals surface area contributed by atoms with Crippen LogP contribution in [-0.4, -0.2) is 47.9 Å². The van der Waals surface area contributed by atoms with E-state index in [-0.39, 0.29) is 35.2 Å². The Morgan fingerprint density at radius 3 is 2.65 bits per heavy atom. The molecule has 0 radical (unpaired) electrons. The Hall–Kier alpha value is -3.80. The second kappa shape index (κ2) is 8.20. The molecule has 3 atom stereocenters. The molecule has 2 N–H and O–H groups in total. The predicted molar refractivity (Wildman–Crippen MR) is 118 cm³/mol. The summed E-state index contributed by atoms with van der Waals surface area (Å²) in [6.07, 6.45) is 2.10. The summed E-state index contributed by atoms with van der Waals surface area (Å²) in [7, 11) is 0. The quantitative estimate of drug-likeness (QED) is 0.475. The van der Waals surface area contributed by atoms with Gasteiger partial charge in [0.1, 0.15) is 11.5 Å². The summed E-state index contributed by atoms with van der Waals surface area (Å²) in [6.45, 7) is 4.76. The van der Waals surface area contributed by atoms with E-state index in [1.807, 2.05) is 6.92 Å².